The van der Waals surface area contributed by atoms with Gasteiger partial charge in [-0.1, -0.05) is 188 Å². The van der Waals surface area contributed by atoms with E-state index in [9.17, 15) is 0 Å². The zero-order chi connectivity index (χ0) is 45.0. The van der Waals surface area contributed by atoms with Crippen LogP contribution in [-0.4, -0.2) is 4.57 Å². The van der Waals surface area contributed by atoms with Crippen molar-refractivity contribution in [2.45, 2.75) is 0 Å². The molecule has 68 heavy (non-hydrogen) atoms. The maximum Gasteiger partial charge on any atom is 0.0542 e. The molecule has 318 valence electrons. The second-order valence-corrected chi connectivity index (χ2v) is 17.7. The average Bonchev–Trinajstić information content (AvgIpc) is 3.74. The van der Waals surface area contributed by atoms with Gasteiger partial charge in [0.05, 0.1) is 11.0 Å². The Morgan fingerprint density at radius 2 is 0.676 bits per heavy atom. The van der Waals surface area contributed by atoms with Crippen LogP contribution in [0.1, 0.15) is 0 Å². The Balaban J connectivity index is 0.956. The van der Waals surface area contributed by atoms with Gasteiger partial charge < -0.3 is 9.47 Å². The number of fused-ring (bicyclic) bond motifs is 6. The Bertz CT molecular complexity index is 3990. The second kappa shape index (κ2) is 16.5. The van der Waals surface area contributed by atoms with Gasteiger partial charge in [0.2, 0.25) is 0 Å². The third kappa shape index (κ3) is 6.73. The Hall–Kier alpha value is -8.98. The number of anilines is 3. The molecule has 0 bridgehead atoms. The molecule has 13 rings (SSSR count). The number of para-hydroxylation sites is 2. The number of hydrogen-bond acceptors (Lipinski definition) is 1. The summed E-state index contributed by atoms with van der Waals surface area (Å²) in [6.07, 6.45) is 0. The first-order valence-corrected chi connectivity index (χ1v) is 23.4. The highest BCUT2D eigenvalue weighted by Crippen LogP contribution is 2.46. The summed E-state index contributed by atoms with van der Waals surface area (Å²) in [6, 6.07) is 97.5. The van der Waals surface area contributed by atoms with Crippen molar-refractivity contribution >= 4 is 71.2 Å². The van der Waals surface area contributed by atoms with Crippen LogP contribution in [0.3, 0.4) is 0 Å². The van der Waals surface area contributed by atoms with Gasteiger partial charge in [-0.05, 0) is 156 Å². The van der Waals surface area contributed by atoms with Crippen molar-refractivity contribution in [2.24, 2.45) is 0 Å². The van der Waals surface area contributed by atoms with Gasteiger partial charge in [0.25, 0.3) is 0 Å². The van der Waals surface area contributed by atoms with Crippen LogP contribution in [-0.2, 0) is 0 Å². The summed E-state index contributed by atoms with van der Waals surface area (Å²) in [6.45, 7) is 0. The fourth-order valence-electron chi connectivity index (χ4n) is 10.6. The van der Waals surface area contributed by atoms with E-state index in [1.54, 1.807) is 0 Å². The maximum atomic E-state index is 2.41. The van der Waals surface area contributed by atoms with Crippen molar-refractivity contribution in [1.82, 2.24) is 4.57 Å². The monoisotopic (exact) mass is 864 g/mol. The van der Waals surface area contributed by atoms with E-state index in [-0.39, 0.29) is 0 Å². The van der Waals surface area contributed by atoms with Crippen LogP contribution in [0.25, 0.3) is 104 Å². The van der Waals surface area contributed by atoms with E-state index in [1.807, 2.05) is 0 Å². The Labute approximate surface area is 395 Å². The predicted molar refractivity (Wildman–Crippen MR) is 290 cm³/mol. The Morgan fingerprint density at radius 3 is 1.37 bits per heavy atom. The topological polar surface area (TPSA) is 8.17 Å². The summed E-state index contributed by atoms with van der Waals surface area (Å²) in [5.74, 6) is 0. The van der Waals surface area contributed by atoms with Gasteiger partial charge in [0.1, 0.15) is 0 Å². The first kappa shape index (κ1) is 39.4. The van der Waals surface area contributed by atoms with E-state index in [1.165, 1.54) is 98.6 Å². The van der Waals surface area contributed by atoms with Gasteiger partial charge in [-0.15, -0.1) is 0 Å². The predicted octanol–water partition coefficient (Wildman–Crippen LogP) is 18.4. The van der Waals surface area contributed by atoms with Crippen molar-refractivity contribution in [2.75, 3.05) is 4.90 Å². The summed E-state index contributed by atoms with van der Waals surface area (Å²) < 4.78 is 2.40. The fraction of sp³-hybridized carbons (Fsp3) is 0. The zero-order valence-corrected chi connectivity index (χ0v) is 37.3. The van der Waals surface area contributed by atoms with E-state index in [0.717, 1.165) is 22.7 Å². The average molecular weight is 865 g/mol. The minimum Gasteiger partial charge on any atom is -0.310 e. The summed E-state index contributed by atoms with van der Waals surface area (Å²) in [5, 5.41) is 9.92. The molecule has 0 aliphatic rings. The summed E-state index contributed by atoms with van der Waals surface area (Å²) in [5.41, 5.74) is 16.5. The minimum absolute atomic E-state index is 1.09. The first-order valence-electron chi connectivity index (χ1n) is 23.4. The molecule has 0 aliphatic heterocycles. The molecule has 1 heterocycles. The van der Waals surface area contributed by atoms with E-state index < -0.39 is 0 Å². The highest BCUT2D eigenvalue weighted by atomic mass is 15.1. The van der Waals surface area contributed by atoms with Crippen LogP contribution in [0.5, 0.6) is 0 Å². The second-order valence-electron chi connectivity index (χ2n) is 17.7. The van der Waals surface area contributed by atoms with Gasteiger partial charge in [-0.25, -0.2) is 0 Å². The summed E-state index contributed by atoms with van der Waals surface area (Å²) >= 11 is 0. The van der Waals surface area contributed by atoms with Gasteiger partial charge in [-0.2, -0.15) is 0 Å². The molecule has 0 saturated heterocycles. The normalized spacial score (nSPS) is 11.5. The molecule has 0 radical (unpaired) electrons. The van der Waals surface area contributed by atoms with E-state index in [2.05, 4.69) is 276 Å². The molecule has 0 spiro atoms. The number of hydrogen-bond donors (Lipinski definition) is 0. The van der Waals surface area contributed by atoms with E-state index in [4.69, 9.17) is 0 Å². The molecule has 0 atom stereocenters. The molecule has 2 nitrogen and oxygen atoms in total. The summed E-state index contributed by atoms with van der Waals surface area (Å²) in [7, 11) is 0. The highest BCUT2D eigenvalue weighted by Gasteiger charge is 2.20. The molecular weight excluding hydrogens is 821 g/mol. The van der Waals surface area contributed by atoms with Crippen LogP contribution >= 0.6 is 0 Å². The first-order chi connectivity index (χ1) is 33.7. The Kier molecular flexibility index (Phi) is 9.54. The van der Waals surface area contributed by atoms with Crippen molar-refractivity contribution in [3.8, 4) is 50.2 Å². The zero-order valence-electron chi connectivity index (χ0n) is 37.3. The lowest BCUT2D eigenvalue weighted by atomic mass is 9.85. The third-order valence-corrected chi connectivity index (χ3v) is 13.7. The lowest BCUT2D eigenvalue weighted by Gasteiger charge is -2.26. The fourth-order valence-corrected chi connectivity index (χ4v) is 10.6. The molecule has 0 fully saturated rings. The lowest BCUT2D eigenvalue weighted by molar-refractivity contribution is 1.18. The number of nitrogens with zero attached hydrogens (tertiary/aromatic N) is 2. The quantitative estimate of drug-likeness (QED) is 0.138. The van der Waals surface area contributed by atoms with Gasteiger partial charge in [0, 0.05) is 33.5 Å². The van der Waals surface area contributed by atoms with Crippen molar-refractivity contribution in [3.05, 3.63) is 267 Å². The highest BCUT2D eigenvalue weighted by molar-refractivity contribution is 6.22. The number of rotatable bonds is 8. The van der Waals surface area contributed by atoms with Gasteiger partial charge in [-0.3, -0.25) is 0 Å². The molecule has 0 aliphatic carbocycles. The van der Waals surface area contributed by atoms with E-state index >= 15 is 0 Å². The standard InChI is InChI=1S/C66H44N2/c1-5-18-47(19-6-1)65-57-27-15-16-28-58(57)66(48-20-7-2-8-21-48)62-43-51(33-38-59(62)65)46-31-35-55(36-32-46)67(53-23-9-3-10-24-53)56-37-40-64-61(44-56)60-42-52(50-30-29-45-17-13-14-22-49(45)41-50)34-39-63(60)68(64)54-25-11-4-12-26-54/h1-44H. The minimum atomic E-state index is 1.09. The summed E-state index contributed by atoms with van der Waals surface area (Å²) in [4.78, 5) is 2.38. The molecule has 13 aromatic rings. The Morgan fingerprint density at radius 1 is 0.235 bits per heavy atom. The van der Waals surface area contributed by atoms with E-state index in [0.29, 0.717) is 0 Å². The van der Waals surface area contributed by atoms with Crippen molar-refractivity contribution < 1.29 is 0 Å². The van der Waals surface area contributed by atoms with Gasteiger partial charge >= 0.3 is 0 Å². The maximum absolute atomic E-state index is 2.41. The van der Waals surface area contributed by atoms with Crippen molar-refractivity contribution in [1.29, 1.82) is 0 Å². The van der Waals surface area contributed by atoms with Crippen molar-refractivity contribution in [3.63, 3.8) is 0 Å². The largest absolute Gasteiger partial charge is 0.310 e. The van der Waals surface area contributed by atoms with Crippen LogP contribution in [0.15, 0.2) is 267 Å². The lowest BCUT2D eigenvalue weighted by Crippen LogP contribution is -2.09. The number of aromatic nitrogens is 1. The molecule has 0 saturated carbocycles. The molecular formula is C66H44N2. The molecule has 0 N–H and O–H groups in total. The molecule has 1 aromatic heterocycles. The smallest absolute Gasteiger partial charge is 0.0542 e. The number of benzene rings is 12. The van der Waals surface area contributed by atoms with Crippen LogP contribution < -0.4 is 4.90 Å². The third-order valence-electron chi connectivity index (χ3n) is 13.7. The molecule has 0 unspecified atom stereocenters. The van der Waals surface area contributed by atoms with Crippen LogP contribution in [0.4, 0.5) is 17.1 Å². The van der Waals surface area contributed by atoms with Crippen LogP contribution in [0, 0.1) is 0 Å². The SMILES string of the molecule is c1ccc(-c2c3ccccc3c(-c3ccccc3)c3cc(-c4ccc(N(c5ccccc5)c5ccc6c(c5)c5cc(-c7ccc8ccccc8c7)ccc5n6-c5ccccc5)cc4)ccc23)cc1. The van der Waals surface area contributed by atoms with Crippen LogP contribution in [0.2, 0.25) is 0 Å². The molecule has 12 aromatic carbocycles. The molecule has 2 heteroatoms. The van der Waals surface area contributed by atoms with Gasteiger partial charge in [0.15, 0.2) is 0 Å². The molecule has 0 amide bonds.